The van der Waals surface area contributed by atoms with Crippen LogP contribution in [0.25, 0.3) is 0 Å². The summed E-state index contributed by atoms with van der Waals surface area (Å²) in [5.41, 5.74) is 2.54. The first-order valence-corrected chi connectivity index (χ1v) is 16.0. The van der Waals surface area contributed by atoms with Crippen LogP contribution in [0.3, 0.4) is 0 Å². The number of carbonyl (C=O) groups is 2. The fourth-order valence-electron chi connectivity index (χ4n) is 3.27. The van der Waals surface area contributed by atoms with Crippen LogP contribution >= 0.6 is 47.0 Å². The van der Waals surface area contributed by atoms with Crippen LogP contribution in [0.4, 0.5) is 0 Å². The van der Waals surface area contributed by atoms with Crippen molar-refractivity contribution in [3.8, 4) is 0 Å². The Morgan fingerprint density at radius 3 is 1.53 bits per heavy atom. The van der Waals surface area contributed by atoms with Crippen molar-refractivity contribution in [1.29, 1.82) is 0 Å². The fourth-order valence-corrected chi connectivity index (χ4v) is 8.09. The summed E-state index contributed by atoms with van der Waals surface area (Å²) in [6.45, 7) is 9.13. The lowest BCUT2D eigenvalue weighted by molar-refractivity contribution is -0.144. The standard InChI is InChI=1S/C24H38O4S4/c1-19-13-29-17-21(31-15-19)11-27-23(25)9-7-5-3-4-6-8-10-24(26)28-12-22-18-30-14-20(2)16-32-22/h21-22H,1-18H2. The second-order valence-electron chi connectivity index (χ2n) is 8.38. The molecule has 0 aromatic heterocycles. The topological polar surface area (TPSA) is 52.6 Å². The normalized spacial score (nSPS) is 22.1. The zero-order valence-electron chi connectivity index (χ0n) is 19.1. The smallest absolute Gasteiger partial charge is 0.305 e. The van der Waals surface area contributed by atoms with Crippen molar-refractivity contribution in [3.63, 3.8) is 0 Å². The average Bonchev–Trinajstić information content (AvgIpc) is 3.12. The molecular formula is C24H38O4S4. The predicted octanol–water partition coefficient (Wildman–Crippen LogP) is 6.00. The number of carbonyl (C=O) groups excluding carboxylic acids is 2. The molecule has 0 saturated carbocycles. The first-order chi connectivity index (χ1) is 15.5. The number of hydrogen-bond acceptors (Lipinski definition) is 8. The summed E-state index contributed by atoms with van der Waals surface area (Å²) in [6.07, 6.45) is 7.05. The maximum atomic E-state index is 11.9. The van der Waals surface area contributed by atoms with Crippen molar-refractivity contribution >= 4 is 59.0 Å². The number of unbranched alkanes of at least 4 members (excludes halogenated alkanes) is 5. The fraction of sp³-hybridized carbons (Fsp3) is 0.750. The molecular weight excluding hydrogens is 481 g/mol. The van der Waals surface area contributed by atoms with Gasteiger partial charge in [-0.05, 0) is 12.8 Å². The molecule has 2 atom stereocenters. The zero-order valence-corrected chi connectivity index (χ0v) is 22.4. The molecule has 0 radical (unpaired) electrons. The van der Waals surface area contributed by atoms with Gasteiger partial charge in [0, 0.05) is 57.9 Å². The van der Waals surface area contributed by atoms with Gasteiger partial charge in [0.05, 0.1) is 0 Å². The van der Waals surface area contributed by atoms with Crippen LogP contribution in [-0.4, -0.2) is 70.2 Å². The highest BCUT2D eigenvalue weighted by Crippen LogP contribution is 2.27. The van der Waals surface area contributed by atoms with Gasteiger partial charge in [0.1, 0.15) is 13.2 Å². The van der Waals surface area contributed by atoms with E-state index in [0.29, 0.717) is 36.6 Å². The summed E-state index contributed by atoms with van der Waals surface area (Å²) >= 11 is 7.46. The summed E-state index contributed by atoms with van der Waals surface area (Å²) in [4.78, 5) is 23.9. The van der Waals surface area contributed by atoms with Gasteiger partial charge in [-0.25, -0.2) is 0 Å². The zero-order chi connectivity index (χ0) is 23.0. The minimum absolute atomic E-state index is 0.0732. The summed E-state index contributed by atoms with van der Waals surface area (Å²) in [5.74, 6) is 5.90. The van der Waals surface area contributed by atoms with Gasteiger partial charge in [-0.15, -0.1) is 23.5 Å². The van der Waals surface area contributed by atoms with E-state index in [1.807, 2.05) is 47.0 Å². The highest BCUT2D eigenvalue weighted by atomic mass is 32.2. The molecule has 2 fully saturated rings. The minimum atomic E-state index is -0.0732. The molecule has 32 heavy (non-hydrogen) atoms. The van der Waals surface area contributed by atoms with E-state index >= 15 is 0 Å². The molecule has 0 amide bonds. The van der Waals surface area contributed by atoms with Crippen molar-refractivity contribution < 1.29 is 19.1 Å². The second kappa shape index (κ2) is 17.3. The quantitative estimate of drug-likeness (QED) is 0.167. The molecule has 2 heterocycles. The molecule has 2 rings (SSSR count). The molecule has 0 bridgehead atoms. The van der Waals surface area contributed by atoms with Crippen LogP contribution < -0.4 is 0 Å². The van der Waals surface area contributed by atoms with Crippen LogP contribution in [0.5, 0.6) is 0 Å². The van der Waals surface area contributed by atoms with Crippen molar-refractivity contribution in [2.75, 3.05) is 47.7 Å². The van der Waals surface area contributed by atoms with Crippen LogP contribution in [-0.2, 0) is 19.1 Å². The van der Waals surface area contributed by atoms with E-state index in [9.17, 15) is 9.59 Å². The van der Waals surface area contributed by atoms with E-state index < -0.39 is 0 Å². The molecule has 0 aromatic rings. The molecule has 0 aromatic carbocycles. The van der Waals surface area contributed by atoms with Crippen LogP contribution in [0.2, 0.25) is 0 Å². The summed E-state index contributed by atoms with van der Waals surface area (Å²) in [5, 5.41) is 0.777. The summed E-state index contributed by atoms with van der Waals surface area (Å²) in [7, 11) is 0. The number of hydrogen-bond donors (Lipinski definition) is 0. The molecule has 0 aliphatic carbocycles. The first kappa shape index (κ1) is 28.1. The number of ether oxygens (including phenoxy) is 2. The highest BCUT2D eigenvalue weighted by Gasteiger charge is 2.17. The van der Waals surface area contributed by atoms with Crippen molar-refractivity contribution in [3.05, 3.63) is 24.3 Å². The summed E-state index contributed by atoms with van der Waals surface area (Å²) in [6, 6.07) is 0. The molecule has 182 valence electrons. The Bertz CT molecular complexity index is 559. The van der Waals surface area contributed by atoms with Gasteiger partial charge in [-0.2, -0.15) is 23.5 Å². The molecule has 0 N–H and O–H groups in total. The van der Waals surface area contributed by atoms with Crippen LogP contribution in [0.15, 0.2) is 24.3 Å². The van der Waals surface area contributed by atoms with Gasteiger partial charge in [-0.3, -0.25) is 9.59 Å². The number of rotatable bonds is 13. The Labute approximate surface area is 211 Å². The van der Waals surface area contributed by atoms with E-state index in [0.717, 1.165) is 73.0 Å². The summed E-state index contributed by atoms with van der Waals surface area (Å²) < 4.78 is 10.9. The van der Waals surface area contributed by atoms with E-state index in [2.05, 4.69) is 13.2 Å². The molecule has 0 spiro atoms. The molecule has 4 nitrogen and oxygen atoms in total. The maximum absolute atomic E-state index is 11.9. The third kappa shape index (κ3) is 13.5. The maximum Gasteiger partial charge on any atom is 0.305 e. The Hall–Kier alpha value is -0.180. The van der Waals surface area contributed by atoms with Crippen molar-refractivity contribution in [1.82, 2.24) is 0 Å². The average molecular weight is 519 g/mol. The lowest BCUT2D eigenvalue weighted by Crippen LogP contribution is -2.18. The van der Waals surface area contributed by atoms with E-state index in [4.69, 9.17) is 9.47 Å². The Balaban J connectivity index is 1.37. The van der Waals surface area contributed by atoms with Gasteiger partial charge in [0.25, 0.3) is 0 Å². The van der Waals surface area contributed by atoms with Crippen molar-refractivity contribution in [2.24, 2.45) is 0 Å². The van der Waals surface area contributed by atoms with E-state index in [1.54, 1.807) is 0 Å². The third-order valence-corrected chi connectivity index (χ3v) is 10.8. The van der Waals surface area contributed by atoms with Crippen LogP contribution in [0.1, 0.15) is 51.4 Å². The molecule has 2 aliphatic rings. The van der Waals surface area contributed by atoms with Crippen molar-refractivity contribution in [2.45, 2.75) is 61.9 Å². The largest absolute Gasteiger partial charge is 0.464 e. The van der Waals surface area contributed by atoms with Gasteiger partial charge in [0.2, 0.25) is 0 Å². The molecule has 2 saturated heterocycles. The number of esters is 2. The molecule has 2 unspecified atom stereocenters. The van der Waals surface area contributed by atoms with Gasteiger partial charge in [-0.1, -0.05) is 50.0 Å². The monoisotopic (exact) mass is 518 g/mol. The second-order valence-corrected chi connectivity index (χ2v) is 13.0. The van der Waals surface area contributed by atoms with Gasteiger partial charge < -0.3 is 9.47 Å². The Morgan fingerprint density at radius 2 is 1.09 bits per heavy atom. The Kier molecular flexibility index (Phi) is 15.2. The predicted molar refractivity (Wildman–Crippen MR) is 144 cm³/mol. The number of thioether (sulfide) groups is 4. The lowest BCUT2D eigenvalue weighted by Gasteiger charge is -2.13. The SMILES string of the molecule is C=C1CSCC(COC(=O)CCCCCCCCC(=O)OCC2CSCC(=C)CS2)SC1. The molecule has 2 aliphatic heterocycles. The van der Waals surface area contributed by atoms with E-state index in [1.165, 1.54) is 11.1 Å². The van der Waals surface area contributed by atoms with Gasteiger partial charge >= 0.3 is 11.9 Å². The third-order valence-electron chi connectivity index (χ3n) is 5.14. The van der Waals surface area contributed by atoms with Gasteiger partial charge in [0.15, 0.2) is 0 Å². The highest BCUT2D eigenvalue weighted by molar-refractivity contribution is 8.04. The van der Waals surface area contributed by atoms with Crippen LogP contribution in [0, 0.1) is 0 Å². The lowest BCUT2D eigenvalue weighted by atomic mass is 10.1. The Morgan fingerprint density at radius 1 is 0.688 bits per heavy atom. The van der Waals surface area contributed by atoms with E-state index in [-0.39, 0.29) is 11.9 Å². The first-order valence-electron chi connectivity index (χ1n) is 11.6. The minimum Gasteiger partial charge on any atom is -0.464 e. The molecule has 8 heteroatoms.